The molecule has 2 aliphatic rings. The van der Waals surface area contributed by atoms with Crippen LogP contribution in [-0.4, -0.2) is 40.5 Å². The molecule has 0 aromatic carbocycles. The van der Waals surface area contributed by atoms with Gasteiger partial charge in [0.05, 0.1) is 4.90 Å². The predicted molar refractivity (Wildman–Crippen MR) is 100 cm³/mol. The lowest BCUT2D eigenvalue weighted by Crippen LogP contribution is -2.31. The van der Waals surface area contributed by atoms with Crippen LogP contribution in [0.3, 0.4) is 0 Å². The van der Waals surface area contributed by atoms with E-state index in [4.69, 9.17) is 0 Å². The quantitative estimate of drug-likeness (QED) is 0.871. The zero-order valence-corrected chi connectivity index (χ0v) is 16.3. The number of nitrogens with one attached hydrogen (secondary N) is 1. The Hall–Kier alpha value is -1.43. The van der Waals surface area contributed by atoms with Crippen LogP contribution in [0.5, 0.6) is 0 Å². The third-order valence-corrected chi connectivity index (χ3v) is 5.81. The van der Waals surface area contributed by atoms with E-state index in [1.54, 1.807) is 6.07 Å². The normalized spacial score (nSPS) is 12.5. The second-order valence-corrected chi connectivity index (χ2v) is 8.73. The maximum atomic E-state index is 12.8. The topological polar surface area (TPSA) is 49.4 Å². The zero-order chi connectivity index (χ0) is 18.1. The van der Waals surface area contributed by atoms with Crippen molar-refractivity contribution in [2.75, 3.05) is 27.2 Å². The van der Waals surface area contributed by atoms with E-state index in [1.165, 1.54) is 5.56 Å². The van der Waals surface area contributed by atoms with Crippen LogP contribution in [0.25, 0.3) is 11.1 Å². The first-order valence-electron chi connectivity index (χ1n) is 8.31. The summed E-state index contributed by atoms with van der Waals surface area (Å²) in [6.07, 6.45) is 0. The van der Waals surface area contributed by atoms with Crippen LogP contribution in [0, 0.1) is 13.8 Å². The molecule has 132 valence electrons. The van der Waals surface area contributed by atoms with E-state index >= 15 is 0 Å². The summed E-state index contributed by atoms with van der Waals surface area (Å²) in [6, 6.07) is 8.03. The van der Waals surface area contributed by atoms with Gasteiger partial charge in [0.25, 0.3) is 0 Å². The van der Waals surface area contributed by atoms with Gasteiger partial charge in [-0.3, -0.25) is 0 Å². The van der Waals surface area contributed by atoms with Gasteiger partial charge >= 0.3 is 0 Å². The molecule has 1 N–H and O–H groups in total. The Morgan fingerprint density at radius 3 is 2.33 bits per heavy atom. The van der Waals surface area contributed by atoms with Gasteiger partial charge in [-0.2, -0.15) is 0 Å². The molecule has 0 saturated carbocycles. The lowest BCUT2D eigenvalue weighted by atomic mass is 10.0. The fraction of sp³-hybridized carbons (Fsp3) is 0.474. The van der Waals surface area contributed by atoms with Crippen molar-refractivity contribution in [1.82, 2.24) is 9.62 Å². The van der Waals surface area contributed by atoms with Gasteiger partial charge in [-0.25, -0.2) is 13.1 Å². The summed E-state index contributed by atoms with van der Waals surface area (Å²) in [6.45, 7) is 9.32. The van der Waals surface area contributed by atoms with Crippen molar-refractivity contribution in [2.24, 2.45) is 0 Å². The molecule has 2 rings (SSSR count). The summed E-state index contributed by atoms with van der Waals surface area (Å²) < 4.78 is 28.3. The van der Waals surface area contributed by atoms with Crippen molar-refractivity contribution in [3.05, 3.63) is 41.0 Å². The highest BCUT2D eigenvalue weighted by atomic mass is 32.2. The monoisotopic (exact) mass is 348 g/mol. The van der Waals surface area contributed by atoms with Crippen LogP contribution in [0.4, 0.5) is 0 Å². The largest absolute Gasteiger partial charge is 0.308 e. The summed E-state index contributed by atoms with van der Waals surface area (Å²) in [5, 5.41) is 0. The Morgan fingerprint density at radius 1 is 1.08 bits per heavy atom. The molecule has 0 aromatic rings. The number of nitrogens with zero attached hydrogens (tertiary/aromatic N) is 1. The Kier molecular flexibility index (Phi) is 5.68. The van der Waals surface area contributed by atoms with Crippen LogP contribution in [0.15, 0.2) is 29.2 Å². The third-order valence-electron chi connectivity index (χ3n) is 4.33. The van der Waals surface area contributed by atoms with Crippen molar-refractivity contribution in [3.63, 3.8) is 0 Å². The summed E-state index contributed by atoms with van der Waals surface area (Å²) in [7, 11) is 0.325. The fourth-order valence-electron chi connectivity index (χ4n) is 2.84. The average molecular weight is 349 g/mol. The molecule has 0 amide bonds. The molecule has 0 spiro atoms. The summed E-state index contributed by atoms with van der Waals surface area (Å²) >= 11 is 0. The highest BCUT2D eigenvalue weighted by Gasteiger charge is 2.25. The minimum atomic E-state index is -3.52. The number of hydrogen-bond acceptors (Lipinski definition) is 3. The highest BCUT2D eigenvalue weighted by Crippen LogP contribution is 2.38. The van der Waals surface area contributed by atoms with Crippen molar-refractivity contribution in [3.8, 4) is 11.1 Å². The van der Waals surface area contributed by atoms with E-state index in [0.717, 1.165) is 22.3 Å². The second kappa shape index (κ2) is 7.21. The zero-order valence-electron chi connectivity index (χ0n) is 15.5. The summed E-state index contributed by atoms with van der Waals surface area (Å²) in [5.74, 6) is 0.396. The van der Waals surface area contributed by atoms with E-state index in [2.05, 4.69) is 30.7 Å². The molecule has 0 fully saturated rings. The molecule has 24 heavy (non-hydrogen) atoms. The van der Waals surface area contributed by atoms with Gasteiger partial charge in [0, 0.05) is 18.7 Å². The molecule has 0 bridgehead atoms. The van der Waals surface area contributed by atoms with Gasteiger partial charge in [0.1, 0.15) is 0 Å². The Morgan fingerprint density at radius 2 is 1.75 bits per heavy atom. The number of likely N-dealkylation sites (N-methyl/N-ethyl adjacent to an activating group) is 1. The molecule has 0 aromatic heterocycles. The van der Waals surface area contributed by atoms with Crippen molar-refractivity contribution < 1.29 is 8.42 Å². The van der Waals surface area contributed by atoms with Crippen LogP contribution in [-0.2, 0) is 10.0 Å². The molecular formula is C19H28N2O2S. The first kappa shape index (κ1) is 18.9. The second-order valence-electron chi connectivity index (χ2n) is 7.00. The van der Waals surface area contributed by atoms with Gasteiger partial charge < -0.3 is 4.90 Å². The number of aryl methyl sites for hydroxylation is 2. The van der Waals surface area contributed by atoms with E-state index in [0.29, 0.717) is 23.9 Å². The molecule has 0 saturated heterocycles. The van der Waals surface area contributed by atoms with E-state index in [-0.39, 0.29) is 0 Å². The van der Waals surface area contributed by atoms with Crippen LogP contribution < -0.4 is 4.72 Å². The molecule has 2 aliphatic carbocycles. The van der Waals surface area contributed by atoms with Gasteiger partial charge in [-0.15, -0.1) is 0 Å². The van der Waals surface area contributed by atoms with Gasteiger partial charge in [0.2, 0.25) is 10.0 Å². The highest BCUT2D eigenvalue weighted by molar-refractivity contribution is 7.89. The third kappa shape index (κ3) is 3.97. The first-order chi connectivity index (χ1) is 11.1. The molecule has 0 aliphatic heterocycles. The first-order valence-corrected chi connectivity index (χ1v) is 9.80. The van der Waals surface area contributed by atoms with E-state index in [9.17, 15) is 8.42 Å². The standard InChI is InChI=1S/C19H28N2O2S/c1-13(2)16-8-7-14(3)19-17(12-16)15(4)11-18(19)24(22,23)20-9-10-21(5)6/h7-8,11-13,20H,9-10H2,1-6H3. The minimum absolute atomic E-state index is 0.386. The SMILES string of the molecule is Cc1cc(S(=O)(=O)NCCN(C)C)c2c(C)ccc(C(C)C)cc1-2. The predicted octanol–water partition coefficient (Wildman–Crippen LogP) is 3.37. The van der Waals surface area contributed by atoms with Crippen molar-refractivity contribution in [1.29, 1.82) is 0 Å². The maximum Gasteiger partial charge on any atom is 0.241 e. The number of hydrogen-bond donors (Lipinski definition) is 1. The smallest absolute Gasteiger partial charge is 0.241 e. The van der Waals surface area contributed by atoms with Crippen LogP contribution >= 0.6 is 0 Å². The van der Waals surface area contributed by atoms with Crippen molar-refractivity contribution >= 4 is 10.0 Å². The number of fused-ring (bicyclic) bond motifs is 1. The van der Waals surface area contributed by atoms with Gasteiger partial charge in [-0.1, -0.05) is 32.0 Å². The fourth-order valence-corrected chi connectivity index (χ4v) is 4.23. The Balaban J connectivity index is 2.51. The maximum absolute atomic E-state index is 12.8. The molecule has 0 atom stereocenters. The van der Waals surface area contributed by atoms with Crippen LogP contribution in [0.1, 0.15) is 36.5 Å². The van der Waals surface area contributed by atoms with Crippen LogP contribution in [0.2, 0.25) is 0 Å². The average Bonchev–Trinajstić information content (AvgIpc) is 2.69. The van der Waals surface area contributed by atoms with Crippen molar-refractivity contribution in [2.45, 2.75) is 38.5 Å². The van der Waals surface area contributed by atoms with Gasteiger partial charge in [0.15, 0.2) is 0 Å². The number of rotatable bonds is 6. The van der Waals surface area contributed by atoms with E-state index in [1.807, 2.05) is 38.9 Å². The lowest BCUT2D eigenvalue weighted by Gasteiger charge is -2.12. The molecule has 0 radical (unpaired) electrons. The molecule has 0 heterocycles. The minimum Gasteiger partial charge on any atom is -0.308 e. The Bertz CT molecular complexity index is 795. The molecule has 5 heteroatoms. The van der Waals surface area contributed by atoms with E-state index < -0.39 is 10.0 Å². The Labute approximate surface area is 146 Å². The number of sulfonamides is 1. The summed E-state index contributed by atoms with van der Waals surface area (Å²) in [5.41, 5.74) is 5.05. The molecule has 0 unspecified atom stereocenters. The van der Waals surface area contributed by atoms with Gasteiger partial charge in [-0.05, 0) is 62.2 Å². The summed E-state index contributed by atoms with van der Waals surface area (Å²) in [4.78, 5) is 2.34. The molecular weight excluding hydrogens is 320 g/mol. The lowest BCUT2D eigenvalue weighted by molar-refractivity contribution is 0.412. The molecule has 4 nitrogen and oxygen atoms in total.